The lowest BCUT2D eigenvalue weighted by molar-refractivity contribution is 0.600. The van der Waals surface area contributed by atoms with Crippen molar-refractivity contribution < 1.29 is 12.8 Å². The Labute approximate surface area is 97.8 Å². The number of hydrogen-bond donors (Lipinski definition) is 2. The molecule has 0 amide bonds. The van der Waals surface area contributed by atoms with Gasteiger partial charge in [-0.2, -0.15) is 5.10 Å². The second kappa shape index (κ2) is 4.91. The highest BCUT2D eigenvalue weighted by Gasteiger charge is 2.09. The Morgan fingerprint density at radius 3 is 2.59 bits per heavy atom. The molecule has 0 saturated carbocycles. The van der Waals surface area contributed by atoms with Crippen molar-refractivity contribution in [1.82, 2.24) is 0 Å². The molecular weight excluding hydrogens is 247 g/mol. The van der Waals surface area contributed by atoms with Gasteiger partial charge in [-0.05, 0) is 18.2 Å². The van der Waals surface area contributed by atoms with Crippen molar-refractivity contribution >= 4 is 22.0 Å². The molecule has 6 nitrogen and oxygen atoms in total. The Hall–Kier alpha value is -1.96. The van der Waals surface area contributed by atoms with Crippen LogP contribution in [0.4, 0.5) is 4.39 Å². The smallest absolute Gasteiger partial charge is 0.211 e. The van der Waals surface area contributed by atoms with Gasteiger partial charge in [0.05, 0.1) is 11.1 Å². The average Bonchev–Trinajstić information content (AvgIpc) is 2.18. The Morgan fingerprint density at radius 1 is 1.41 bits per heavy atom. The van der Waals surface area contributed by atoms with E-state index < -0.39 is 15.7 Å². The molecule has 1 rings (SSSR count). The van der Waals surface area contributed by atoms with E-state index in [0.717, 1.165) is 24.6 Å². The fourth-order valence-corrected chi connectivity index (χ4v) is 1.67. The number of sulfone groups is 1. The first kappa shape index (κ1) is 13.1. The van der Waals surface area contributed by atoms with Crippen LogP contribution in [0.1, 0.15) is 5.56 Å². The number of benzene rings is 1. The van der Waals surface area contributed by atoms with E-state index in [-0.39, 0.29) is 16.4 Å². The summed E-state index contributed by atoms with van der Waals surface area (Å²) in [5, 5.41) is 6.68. The highest BCUT2D eigenvalue weighted by atomic mass is 32.2. The fourth-order valence-electron chi connectivity index (χ4n) is 1.01. The molecule has 4 N–H and O–H groups in total. The predicted molar refractivity (Wildman–Crippen MR) is 62.9 cm³/mol. The van der Waals surface area contributed by atoms with Crippen LogP contribution in [0.3, 0.4) is 0 Å². The van der Waals surface area contributed by atoms with E-state index in [4.69, 9.17) is 11.5 Å². The number of nitrogens with two attached hydrogens (primary N) is 2. The summed E-state index contributed by atoms with van der Waals surface area (Å²) < 4.78 is 35.8. The minimum atomic E-state index is -3.40. The number of rotatable bonds is 3. The van der Waals surface area contributed by atoms with Gasteiger partial charge in [0.15, 0.2) is 9.84 Å². The molecule has 0 atom stereocenters. The molecule has 92 valence electrons. The van der Waals surface area contributed by atoms with Crippen molar-refractivity contribution in [2.24, 2.45) is 21.7 Å². The Morgan fingerprint density at radius 2 is 2.06 bits per heavy atom. The molecular formula is C9H11FN4O2S. The topological polar surface area (TPSA) is 111 Å². The molecule has 0 aromatic heterocycles. The molecule has 0 aliphatic rings. The van der Waals surface area contributed by atoms with Crippen LogP contribution >= 0.6 is 0 Å². The molecule has 0 saturated heterocycles. The Balaban J connectivity index is 3.16. The summed E-state index contributed by atoms with van der Waals surface area (Å²) in [4.78, 5) is -0.00921. The molecule has 8 heteroatoms. The number of nitrogens with zero attached hydrogens (tertiary/aromatic N) is 2. The molecule has 0 aliphatic heterocycles. The van der Waals surface area contributed by atoms with Crippen LogP contribution in [0.15, 0.2) is 33.3 Å². The third-order valence-corrected chi connectivity index (χ3v) is 2.88. The maximum Gasteiger partial charge on any atom is 0.211 e. The van der Waals surface area contributed by atoms with E-state index in [2.05, 4.69) is 10.2 Å². The molecule has 0 spiro atoms. The summed E-state index contributed by atoms with van der Waals surface area (Å²) in [6.45, 7) is 0. The van der Waals surface area contributed by atoms with Crippen LogP contribution in [0.25, 0.3) is 0 Å². The van der Waals surface area contributed by atoms with Gasteiger partial charge in [-0.15, -0.1) is 5.10 Å². The van der Waals surface area contributed by atoms with Crippen molar-refractivity contribution in [3.8, 4) is 0 Å². The van der Waals surface area contributed by atoms with Gasteiger partial charge in [0, 0.05) is 11.8 Å². The quantitative estimate of drug-likeness (QED) is 0.339. The first-order valence-electron chi connectivity index (χ1n) is 4.42. The SMILES string of the molecule is CS(=O)(=O)c1ccc(F)c(C=NN=C(N)N)c1. The van der Waals surface area contributed by atoms with E-state index in [1.165, 1.54) is 6.07 Å². The molecule has 0 fully saturated rings. The summed E-state index contributed by atoms with van der Waals surface area (Å²) in [6, 6.07) is 3.35. The molecule has 0 aliphatic carbocycles. The number of hydrogen-bond acceptors (Lipinski definition) is 4. The van der Waals surface area contributed by atoms with Crippen molar-refractivity contribution in [2.45, 2.75) is 4.90 Å². The highest BCUT2D eigenvalue weighted by molar-refractivity contribution is 7.90. The first-order valence-corrected chi connectivity index (χ1v) is 6.31. The summed E-state index contributed by atoms with van der Waals surface area (Å²) in [5.74, 6) is -0.895. The van der Waals surface area contributed by atoms with Gasteiger partial charge in [-0.3, -0.25) is 0 Å². The zero-order valence-electron chi connectivity index (χ0n) is 8.96. The van der Waals surface area contributed by atoms with E-state index in [9.17, 15) is 12.8 Å². The van der Waals surface area contributed by atoms with E-state index in [1.54, 1.807) is 0 Å². The molecule has 0 heterocycles. The van der Waals surface area contributed by atoms with Gasteiger partial charge >= 0.3 is 0 Å². The van der Waals surface area contributed by atoms with E-state index >= 15 is 0 Å². The largest absolute Gasteiger partial charge is 0.369 e. The van der Waals surface area contributed by atoms with Crippen LogP contribution in [0.5, 0.6) is 0 Å². The van der Waals surface area contributed by atoms with Gasteiger partial charge in [-0.1, -0.05) is 0 Å². The van der Waals surface area contributed by atoms with Crippen LogP contribution < -0.4 is 11.5 Å². The van der Waals surface area contributed by atoms with E-state index in [0.29, 0.717) is 0 Å². The normalized spacial score (nSPS) is 11.6. The number of halogens is 1. The zero-order chi connectivity index (χ0) is 13.1. The molecule has 0 bridgehead atoms. The molecule has 17 heavy (non-hydrogen) atoms. The Kier molecular flexibility index (Phi) is 3.79. The lowest BCUT2D eigenvalue weighted by Gasteiger charge is -2.00. The molecule has 1 aromatic rings. The summed E-state index contributed by atoms with van der Waals surface area (Å²) in [5.41, 5.74) is 10.0. The van der Waals surface area contributed by atoms with E-state index in [1.807, 2.05) is 0 Å². The van der Waals surface area contributed by atoms with Crippen molar-refractivity contribution in [2.75, 3.05) is 6.26 Å². The fraction of sp³-hybridized carbons (Fsp3) is 0.111. The maximum absolute atomic E-state index is 13.3. The second-order valence-corrected chi connectivity index (χ2v) is 5.24. The maximum atomic E-state index is 13.3. The minimum Gasteiger partial charge on any atom is -0.369 e. The van der Waals surface area contributed by atoms with Gasteiger partial charge < -0.3 is 11.5 Å². The van der Waals surface area contributed by atoms with Crippen molar-refractivity contribution in [3.63, 3.8) is 0 Å². The van der Waals surface area contributed by atoms with Crippen LogP contribution in [0, 0.1) is 5.82 Å². The lowest BCUT2D eigenvalue weighted by atomic mass is 10.2. The summed E-state index contributed by atoms with van der Waals surface area (Å²) in [7, 11) is -3.40. The van der Waals surface area contributed by atoms with Crippen LogP contribution in [-0.4, -0.2) is 26.8 Å². The summed E-state index contributed by atoms with van der Waals surface area (Å²) >= 11 is 0. The standard InChI is InChI=1S/C9H11FN4O2S/c1-17(15,16)7-2-3-8(10)6(4-7)5-13-14-9(11)12/h2-5H,1H3,(H4,11,12,14). The first-order chi connectivity index (χ1) is 7.80. The predicted octanol–water partition coefficient (Wildman–Crippen LogP) is -0.163. The van der Waals surface area contributed by atoms with Crippen molar-refractivity contribution in [3.05, 3.63) is 29.6 Å². The van der Waals surface area contributed by atoms with Gasteiger partial charge in [0.25, 0.3) is 0 Å². The molecule has 1 aromatic carbocycles. The summed E-state index contributed by atoms with van der Waals surface area (Å²) in [6.07, 6.45) is 2.06. The monoisotopic (exact) mass is 258 g/mol. The number of guanidine groups is 1. The molecule has 0 radical (unpaired) electrons. The minimum absolute atomic E-state index is 0.00921. The second-order valence-electron chi connectivity index (χ2n) is 3.22. The van der Waals surface area contributed by atoms with Gasteiger partial charge in [-0.25, -0.2) is 12.8 Å². The highest BCUT2D eigenvalue weighted by Crippen LogP contribution is 2.13. The Bertz CT molecular complexity index is 577. The third kappa shape index (κ3) is 3.83. The molecule has 0 unspecified atom stereocenters. The van der Waals surface area contributed by atoms with Crippen LogP contribution in [-0.2, 0) is 9.84 Å². The van der Waals surface area contributed by atoms with Gasteiger partial charge in [0.1, 0.15) is 5.82 Å². The van der Waals surface area contributed by atoms with Crippen molar-refractivity contribution in [1.29, 1.82) is 0 Å². The third-order valence-electron chi connectivity index (χ3n) is 1.77. The lowest BCUT2D eigenvalue weighted by Crippen LogP contribution is -2.21. The average molecular weight is 258 g/mol. The van der Waals surface area contributed by atoms with Gasteiger partial charge in [0.2, 0.25) is 5.96 Å². The zero-order valence-corrected chi connectivity index (χ0v) is 9.78. The van der Waals surface area contributed by atoms with Crippen LogP contribution in [0.2, 0.25) is 0 Å².